The minimum absolute atomic E-state index is 0.00637. The predicted molar refractivity (Wildman–Crippen MR) is 75.1 cm³/mol. The minimum Gasteiger partial charge on any atom is -0.292 e. The number of ketones is 1. The Morgan fingerprint density at radius 3 is 2.74 bits per heavy atom. The summed E-state index contributed by atoms with van der Waals surface area (Å²) in [5.74, 6) is 0.00637. The molecular weight excluding hydrogens is 262 g/mol. The van der Waals surface area contributed by atoms with E-state index in [9.17, 15) is 4.79 Å². The third kappa shape index (κ3) is 2.54. The van der Waals surface area contributed by atoms with Crippen LogP contribution in [0.4, 0.5) is 0 Å². The van der Waals surface area contributed by atoms with Crippen LogP contribution in [-0.4, -0.2) is 20.8 Å². The molecule has 0 atom stereocenters. The fraction of sp³-hybridized carbons (Fsp3) is 0.357. The number of nitrogens with zero attached hydrogens (tertiary/aromatic N) is 3. The van der Waals surface area contributed by atoms with Crippen LogP contribution in [0.3, 0.4) is 0 Å². The molecule has 0 saturated carbocycles. The molecule has 0 aliphatic rings. The Bertz CT molecular complexity index is 619. The molecular formula is C14H16ClN3O. The van der Waals surface area contributed by atoms with Gasteiger partial charge < -0.3 is 0 Å². The molecule has 0 saturated heterocycles. The van der Waals surface area contributed by atoms with Crippen LogP contribution in [0.2, 0.25) is 5.02 Å². The zero-order valence-corrected chi connectivity index (χ0v) is 12.0. The van der Waals surface area contributed by atoms with Gasteiger partial charge in [-0.25, -0.2) is 4.68 Å². The van der Waals surface area contributed by atoms with E-state index in [0.717, 1.165) is 16.9 Å². The average Bonchev–Trinajstić information content (AvgIpc) is 2.84. The van der Waals surface area contributed by atoms with E-state index in [4.69, 9.17) is 11.6 Å². The summed E-state index contributed by atoms with van der Waals surface area (Å²) in [6, 6.07) is 5.71. The van der Waals surface area contributed by atoms with Crippen molar-refractivity contribution >= 4 is 17.4 Å². The van der Waals surface area contributed by atoms with Crippen LogP contribution in [0.25, 0.3) is 5.69 Å². The monoisotopic (exact) mass is 277 g/mol. The molecule has 0 amide bonds. The van der Waals surface area contributed by atoms with Gasteiger partial charge in [0.25, 0.3) is 0 Å². The lowest BCUT2D eigenvalue weighted by Gasteiger charge is -2.08. The summed E-state index contributed by atoms with van der Waals surface area (Å²) in [4.78, 5) is 11.8. The van der Waals surface area contributed by atoms with E-state index in [1.807, 2.05) is 39.0 Å². The number of halogens is 1. The van der Waals surface area contributed by atoms with Crippen LogP contribution in [0.15, 0.2) is 18.2 Å². The lowest BCUT2D eigenvalue weighted by molar-refractivity contribution is 0.0982. The predicted octanol–water partition coefficient (Wildman–Crippen LogP) is 3.38. The van der Waals surface area contributed by atoms with E-state index in [2.05, 4.69) is 10.3 Å². The number of hydrogen-bond donors (Lipinski definition) is 0. The van der Waals surface area contributed by atoms with E-state index in [0.29, 0.717) is 23.6 Å². The molecule has 19 heavy (non-hydrogen) atoms. The summed E-state index contributed by atoms with van der Waals surface area (Å²) in [5, 5.41) is 8.70. The number of Topliss-reactive ketones (excluding diaryl/α,β-unsaturated/α-hetero) is 1. The summed E-state index contributed by atoms with van der Waals surface area (Å²) in [6.45, 7) is 5.78. The highest BCUT2D eigenvalue weighted by Gasteiger charge is 2.19. The molecule has 0 aliphatic carbocycles. The molecule has 0 aliphatic heterocycles. The van der Waals surface area contributed by atoms with Gasteiger partial charge >= 0.3 is 0 Å². The topological polar surface area (TPSA) is 47.8 Å². The van der Waals surface area contributed by atoms with E-state index < -0.39 is 0 Å². The molecule has 1 heterocycles. The van der Waals surface area contributed by atoms with Gasteiger partial charge in [-0.1, -0.05) is 36.7 Å². The first-order chi connectivity index (χ1) is 9.08. The standard InChI is InChI=1S/C14H16ClN3O/c1-4-11-14(13(19)5-2)16-17-18(11)12-8-9(3)6-7-10(12)15/h6-8H,4-5H2,1-3H3. The van der Waals surface area contributed by atoms with Gasteiger partial charge in [-0.05, 0) is 31.0 Å². The summed E-state index contributed by atoms with van der Waals surface area (Å²) in [6.07, 6.45) is 1.10. The van der Waals surface area contributed by atoms with Crippen molar-refractivity contribution in [3.05, 3.63) is 40.2 Å². The zero-order valence-electron chi connectivity index (χ0n) is 11.3. The maximum atomic E-state index is 11.8. The van der Waals surface area contributed by atoms with Gasteiger partial charge in [0.15, 0.2) is 11.5 Å². The second-order valence-corrected chi connectivity index (χ2v) is 4.79. The van der Waals surface area contributed by atoms with Crippen molar-refractivity contribution in [3.63, 3.8) is 0 Å². The van der Waals surface area contributed by atoms with Gasteiger partial charge in [0.1, 0.15) is 0 Å². The fourth-order valence-electron chi connectivity index (χ4n) is 1.98. The Morgan fingerprint density at radius 2 is 2.11 bits per heavy atom. The normalized spacial score (nSPS) is 10.7. The van der Waals surface area contributed by atoms with Crippen molar-refractivity contribution in [2.75, 3.05) is 0 Å². The molecule has 4 nitrogen and oxygen atoms in total. The quantitative estimate of drug-likeness (QED) is 0.805. The maximum Gasteiger partial charge on any atom is 0.184 e. The van der Waals surface area contributed by atoms with Crippen LogP contribution in [0.5, 0.6) is 0 Å². The fourth-order valence-corrected chi connectivity index (χ4v) is 2.18. The minimum atomic E-state index is 0.00637. The highest BCUT2D eigenvalue weighted by atomic mass is 35.5. The number of hydrogen-bond acceptors (Lipinski definition) is 3. The molecule has 0 unspecified atom stereocenters. The van der Waals surface area contributed by atoms with Crippen LogP contribution in [-0.2, 0) is 6.42 Å². The average molecular weight is 278 g/mol. The summed E-state index contributed by atoms with van der Waals surface area (Å²) < 4.78 is 1.66. The third-order valence-electron chi connectivity index (χ3n) is 3.01. The molecule has 1 aromatic carbocycles. The van der Waals surface area contributed by atoms with Crippen LogP contribution in [0.1, 0.15) is 42.0 Å². The first kappa shape index (κ1) is 13.7. The summed E-state index contributed by atoms with van der Waals surface area (Å²) in [5.41, 5.74) is 3.10. The molecule has 0 fully saturated rings. The van der Waals surface area contributed by atoms with E-state index >= 15 is 0 Å². The van der Waals surface area contributed by atoms with Crippen molar-refractivity contribution in [2.24, 2.45) is 0 Å². The SMILES string of the molecule is CCC(=O)c1nnn(-c2cc(C)ccc2Cl)c1CC. The number of aromatic nitrogens is 3. The molecule has 1 aromatic heterocycles. The second kappa shape index (κ2) is 5.53. The molecule has 2 aromatic rings. The Balaban J connectivity index is 2.60. The van der Waals surface area contributed by atoms with Gasteiger partial charge in [-0.15, -0.1) is 5.10 Å². The number of aryl methyl sites for hydroxylation is 1. The third-order valence-corrected chi connectivity index (χ3v) is 3.33. The first-order valence-corrected chi connectivity index (χ1v) is 6.70. The molecule has 100 valence electrons. The lowest BCUT2D eigenvalue weighted by atomic mass is 10.1. The first-order valence-electron chi connectivity index (χ1n) is 6.32. The van der Waals surface area contributed by atoms with E-state index in [1.165, 1.54) is 0 Å². The smallest absolute Gasteiger partial charge is 0.184 e. The lowest BCUT2D eigenvalue weighted by Crippen LogP contribution is -2.06. The van der Waals surface area contributed by atoms with Gasteiger partial charge in [0, 0.05) is 6.42 Å². The van der Waals surface area contributed by atoms with E-state index in [-0.39, 0.29) is 5.78 Å². The van der Waals surface area contributed by atoms with Crippen molar-refractivity contribution < 1.29 is 4.79 Å². The van der Waals surface area contributed by atoms with Crippen LogP contribution in [0, 0.1) is 6.92 Å². The number of carbonyl (C=O) groups is 1. The van der Waals surface area contributed by atoms with E-state index in [1.54, 1.807) is 4.68 Å². The van der Waals surface area contributed by atoms with Gasteiger partial charge in [-0.3, -0.25) is 4.79 Å². The van der Waals surface area contributed by atoms with Crippen molar-refractivity contribution in [3.8, 4) is 5.69 Å². The van der Waals surface area contributed by atoms with Gasteiger partial charge in [0.05, 0.1) is 16.4 Å². The van der Waals surface area contributed by atoms with Gasteiger partial charge in [0.2, 0.25) is 0 Å². The Hall–Kier alpha value is -1.68. The molecule has 0 spiro atoms. The Labute approximate surface area is 117 Å². The molecule has 0 bridgehead atoms. The largest absolute Gasteiger partial charge is 0.292 e. The van der Waals surface area contributed by atoms with Crippen molar-refractivity contribution in [1.29, 1.82) is 0 Å². The van der Waals surface area contributed by atoms with Crippen LogP contribution >= 0.6 is 11.6 Å². The molecule has 5 heteroatoms. The Kier molecular flexibility index (Phi) is 4.00. The molecule has 0 radical (unpaired) electrons. The summed E-state index contributed by atoms with van der Waals surface area (Å²) >= 11 is 6.21. The van der Waals surface area contributed by atoms with Crippen molar-refractivity contribution in [1.82, 2.24) is 15.0 Å². The second-order valence-electron chi connectivity index (χ2n) is 4.38. The maximum absolute atomic E-state index is 11.8. The Morgan fingerprint density at radius 1 is 1.37 bits per heavy atom. The number of benzene rings is 1. The number of carbonyl (C=O) groups excluding carboxylic acids is 1. The van der Waals surface area contributed by atoms with Crippen LogP contribution < -0.4 is 0 Å². The van der Waals surface area contributed by atoms with Crippen molar-refractivity contribution in [2.45, 2.75) is 33.6 Å². The number of rotatable bonds is 4. The molecule has 2 rings (SSSR count). The highest BCUT2D eigenvalue weighted by Crippen LogP contribution is 2.23. The highest BCUT2D eigenvalue weighted by molar-refractivity contribution is 6.32. The zero-order chi connectivity index (χ0) is 14.0. The molecule has 0 N–H and O–H groups in total. The summed E-state index contributed by atoms with van der Waals surface area (Å²) in [7, 11) is 0. The van der Waals surface area contributed by atoms with Gasteiger partial charge in [-0.2, -0.15) is 0 Å².